The number of carbonyl (C=O) groups excluding carboxylic acids is 1. The van der Waals surface area contributed by atoms with Crippen LogP contribution in [0.4, 0.5) is 5.69 Å². The normalized spacial score (nSPS) is 14.7. The summed E-state index contributed by atoms with van der Waals surface area (Å²) >= 11 is 14.4. The Kier molecular flexibility index (Phi) is 5.60. The highest BCUT2D eigenvalue weighted by molar-refractivity contribution is 9.10. The first-order valence-corrected chi connectivity index (χ1v) is 13.2. The number of fused-ring (bicyclic) bond motifs is 2. The van der Waals surface area contributed by atoms with Crippen LogP contribution in [0.15, 0.2) is 80.5 Å². The van der Waals surface area contributed by atoms with Crippen LogP contribution in [0.25, 0.3) is 21.9 Å². The number of hydrogen-bond donors (Lipinski definition) is 0. The largest absolute Gasteiger partial charge is 0.303 e. The topological polar surface area (TPSA) is 67.6 Å². The first-order valence-electron chi connectivity index (χ1n) is 10.5. The van der Waals surface area contributed by atoms with Crippen molar-refractivity contribution in [2.45, 2.75) is 6.54 Å². The fourth-order valence-corrected chi connectivity index (χ4v) is 5.90. The van der Waals surface area contributed by atoms with Crippen LogP contribution in [0.1, 0.15) is 11.1 Å². The molecule has 1 amide bonds. The van der Waals surface area contributed by atoms with Crippen LogP contribution in [-0.2, 0) is 11.3 Å². The lowest BCUT2D eigenvalue weighted by molar-refractivity contribution is -0.113. The van der Waals surface area contributed by atoms with E-state index < -0.39 is 0 Å². The summed E-state index contributed by atoms with van der Waals surface area (Å²) in [5, 5.41) is 5.00. The second-order valence-electron chi connectivity index (χ2n) is 7.89. The Morgan fingerprint density at radius 2 is 1.69 bits per heavy atom. The number of amides is 1. The van der Waals surface area contributed by atoms with Crippen LogP contribution in [0.5, 0.6) is 0 Å². The summed E-state index contributed by atoms with van der Waals surface area (Å²) in [5.74, 6) is 0.200. The monoisotopic (exact) mass is 626 g/mol. The van der Waals surface area contributed by atoms with Gasteiger partial charge in [0.15, 0.2) is 5.82 Å². The molecule has 6 rings (SSSR count). The molecule has 0 fully saturated rings. The maximum absolute atomic E-state index is 13.7. The van der Waals surface area contributed by atoms with Crippen LogP contribution in [0.3, 0.4) is 0 Å². The van der Waals surface area contributed by atoms with Crippen molar-refractivity contribution in [2.24, 2.45) is 0 Å². The van der Waals surface area contributed by atoms with Crippen LogP contribution >= 0.6 is 54.8 Å². The van der Waals surface area contributed by atoms with Gasteiger partial charge in [0.05, 0.1) is 17.8 Å². The second-order valence-corrected chi connectivity index (χ2v) is 11.1. The smallest absolute Gasteiger partial charge is 0.291 e. The van der Waals surface area contributed by atoms with Gasteiger partial charge in [0.2, 0.25) is 4.96 Å². The fourth-order valence-electron chi connectivity index (χ4n) is 4.08. The van der Waals surface area contributed by atoms with Gasteiger partial charge in [-0.3, -0.25) is 9.59 Å². The highest BCUT2D eigenvalue weighted by atomic mass is 79.9. The van der Waals surface area contributed by atoms with E-state index in [1.54, 1.807) is 11.0 Å². The van der Waals surface area contributed by atoms with E-state index in [4.69, 9.17) is 11.6 Å². The highest BCUT2D eigenvalue weighted by Crippen LogP contribution is 2.38. The standard InChI is InChI=1S/C25H13Br2ClN4O2S/c26-15-7-5-13(6-8-15)22-29-25-32(30-22)24(34)21(35-25)20-17-11-16(27)9-10-19(17)31(23(20)33)12-14-3-1-2-4-18(14)28/h1-11H,12H2. The van der Waals surface area contributed by atoms with Crippen molar-refractivity contribution in [1.82, 2.24) is 14.6 Å². The zero-order valence-electron chi connectivity index (χ0n) is 17.7. The number of halogens is 3. The van der Waals surface area contributed by atoms with E-state index in [2.05, 4.69) is 41.9 Å². The summed E-state index contributed by atoms with van der Waals surface area (Å²) in [6, 6.07) is 20.6. The lowest BCUT2D eigenvalue weighted by atomic mass is 10.1. The highest BCUT2D eigenvalue weighted by Gasteiger charge is 2.35. The predicted octanol–water partition coefficient (Wildman–Crippen LogP) is 5.46. The minimum Gasteiger partial charge on any atom is -0.303 e. The van der Waals surface area contributed by atoms with E-state index in [1.165, 1.54) is 15.9 Å². The minimum atomic E-state index is -0.366. The quantitative estimate of drug-likeness (QED) is 0.266. The van der Waals surface area contributed by atoms with Crippen molar-refractivity contribution in [3.05, 3.63) is 107 Å². The van der Waals surface area contributed by atoms with Crippen LogP contribution < -0.4 is 15.0 Å². The van der Waals surface area contributed by atoms with Gasteiger partial charge in [-0.25, -0.2) is 0 Å². The number of benzene rings is 3. The summed E-state index contributed by atoms with van der Waals surface area (Å²) in [4.78, 5) is 33.8. The third-order valence-corrected chi connectivity index (χ3v) is 8.17. The Hall–Kier alpha value is -2.85. The molecule has 6 nitrogen and oxygen atoms in total. The Balaban J connectivity index is 1.52. The number of hydrogen-bond acceptors (Lipinski definition) is 5. The summed E-state index contributed by atoms with van der Waals surface area (Å²) in [6.45, 7) is 0.291. The first-order chi connectivity index (χ1) is 16.9. The molecule has 1 aliphatic heterocycles. The number of thiazole rings is 1. The Labute approximate surface area is 224 Å². The molecule has 0 radical (unpaired) electrons. The van der Waals surface area contributed by atoms with Gasteiger partial charge in [0.25, 0.3) is 11.5 Å². The minimum absolute atomic E-state index is 0.257. The van der Waals surface area contributed by atoms with Crippen LogP contribution in [0, 0.1) is 0 Å². The van der Waals surface area contributed by atoms with Crippen molar-refractivity contribution in [3.63, 3.8) is 0 Å². The van der Waals surface area contributed by atoms with E-state index in [9.17, 15) is 9.59 Å². The number of rotatable bonds is 3. The van der Waals surface area contributed by atoms with E-state index >= 15 is 0 Å². The van der Waals surface area contributed by atoms with Gasteiger partial charge in [0.1, 0.15) is 4.53 Å². The maximum Gasteiger partial charge on any atom is 0.291 e. The molecular weight excluding hydrogens is 616 g/mol. The van der Waals surface area contributed by atoms with E-state index in [-0.39, 0.29) is 11.5 Å². The van der Waals surface area contributed by atoms with Gasteiger partial charge in [-0.05, 0) is 42.0 Å². The van der Waals surface area contributed by atoms with Crippen molar-refractivity contribution in [1.29, 1.82) is 0 Å². The molecule has 1 aliphatic rings. The fraction of sp³-hybridized carbons (Fsp3) is 0.0400. The Bertz CT molecular complexity index is 1760. The third kappa shape index (κ3) is 3.83. The van der Waals surface area contributed by atoms with Crippen molar-refractivity contribution >= 4 is 76.9 Å². The van der Waals surface area contributed by atoms with Gasteiger partial charge in [-0.1, -0.05) is 85.1 Å². The molecule has 2 aromatic heterocycles. The Morgan fingerprint density at radius 3 is 2.43 bits per heavy atom. The van der Waals surface area contributed by atoms with Crippen molar-refractivity contribution in [3.8, 4) is 11.4 Å². The molecule has 3 aromatic carbocycles. The van der Waals surface area contributed by atoms with Gasteiger partial charge < -0.3 is 4.90 Å². The molecule has 0 atom stereocenters. The molecule has 0 unspecified atom stereocenters. The zero-order valence-corrected chi connectivity index (χ0v) is 22.4. The first kappa shape index (κ1) is 22.6. The molecule has 0 aliphatic carbocycles. The molecule has 0 saturated heterocycles. The molecule has 172 valence electrons. The molecule has 10 heteroatoms. The average Bonchev–Trinajstić information content (AvgIpc) is 3.47. The van der Waals surface area contributed by atoms with E-state index in [0.29, 0.717) is 38.0 Å². The predicted molar refractivity (Wildman–Crippen MR) is 145 cm³/mol. The van der Waals surface area contributed by atoms with Gasteiger partial charge in [0, 0.05) is 25.1 Å². The molecular formula is C25H13Br2ClN4O2S. The van der Waals surface area contributed by atoms with Crippen LogP contribution in [-0.4, -0.2) is 20.5 Å². The number of nitrogens with zero attached hydrogens (tertiary/aromatic N) is 4. The summed E-state index contributed by atoms with van der Waals surface area (Å²) < 4.78 is 3.33. The Morgan fingerprint density at radius 1 is 0.943 bits per heavy atom. The average molecular weight is 629 g/mol. The van der Waals surface area contributed by atoms with Gasteiger partial charge in [-0.2, -0.15) is 9.50 Å². The van der Waals surface area contributed by atoms with E-state index in [1.807, 2.05) is 60.7 Å². The number of anilines is 1. The van der Waals surface area contributed by atoms with Gasteiger partial charge >= 0.3 is 0 Å². The molecule has 0 bridgehead atoms. The summed E-state index contributed by atoms with van der Waals surface area (Å²) in [5.41, 5.74) is 3.01. The number of aromatic nitrogens is 3. The zero-order chi connectivity index (χ0) is 24.3. The molecule has 5 aromatic rings. The lowest BCUT2D eigenvalue weighted by Crippen LogP contribution is -2.32. The molecule has 0 N–H and O–H groups in total. The van der Waals surface area contributed by atoms with Crippen LogP contribution in [0.2, 0.25) is 5.02 Å². The molecule has 0 saturated carbocycles. The van der Waals surface area contributed by atoms with Crippen molar-refractivity contribution < 1.29 is 4.79 Å². The summed E-state index contributed by atoms with van der Waals surface area (Å²) in [6.07, 6.45) is 0. The molecule has 3 heterocycles. The second kappa shape index (κ2) is 8.67. The summed E-state index contributed by atoms with van der Waals surface area (Å²) in [7, 11) is 0. The third-order valence-electron chi connectivity index (χ3n) is 5.75. The molecule has 0 spiro atoms. The SMILES string of the molecule is O=C1C(=c2sc3nc(-c4ccc(Br)cc4)nn3c2=O)c2cc(Br)ccc2N1Cc1ccccc1Cl. The van der Waals surface area contributed by atoms with Crippen molar-refractivity contribution in [2.75, 3.05) is 4.90 Å². The molecule has 35 heavy (non-hydrogen) atoms. The number of carbonyl (C=O) groups is 1. The maximum atomic E-state index is 13.7. The lowest BCUT2D eigenvalue weighted by Gasteiger charge is -2.18. The van der Waals surface area contributed by atoms with Gasteiger partial charge in [-0.15, -0.1) is 5.10 Å². The van der Waals surface area contributed by atoms with E-state index in [0.717, 1.165) is 25.8 Å².